The van der Waals surface area contributed by atoms with Crippen LogP contribution in [0.15, 0.2) is 30.3 Å². The van der Waals surface area contributed by atoms with Gasteiger partial charge in [0.05, 0.1) is 6.04 Å². The Morgan fingerprint density at radius 3 is 1.81 bits per heavy atom. The molecule has 1 rings (SSSR count). The molecule has 0 radical (unpaired) electrons. The molecule has 5 N–H and O–H groups in total. The maximum Gasteiger partial charge on any atom is 0.329 e. The van der Waals surface area contributed by atoms with Gasteiger partial charge in [-0.3, -0.25) is 14.4 Å². The molecule has 0 unspecified atom stereocenters. The van der Waals surface area contributed by atoms with E-state index in [0.29, 0.717) is 0 Å². The highest BCUT2D eigenvalue weighted by atomic mass is 16.5. The molecular weight excluding hydrogens is 412 g/mol. The van der Waals surface area contributed by atoms with Crippen molar-refractivity contribution in [2.24, 2.45) is 17.6 Å². The molecular formula is C23H36N4O5. The van der Waals surface area contributed by atoms with Crippen molar-refractivity contribution in [1.82, 2.24) is 16.0 Å². The van der Waals surface area contributed by atoms with Gasteiger partial charge < -0.3 is 26.4 Å². The minimum atomic E-state index is -0.931. The molecule has 32 heavy (non-hydrogen) atoms. The zero-order valence-corrected chi connectivity index (χ0v) is 19.7. The lowest BCUT2D eigenvalue weighted by atomic mass is 10.0. The summed E-state index contributed by atoms with van der Waals surface area (Å²) in [5, 5.41) is 7.82. The first-order valence-corrected chi connectivity index (χ1v) is 10.8. The van der Waals surface area contributed by atoms with Crippen LogP contribution in [0.5, 0.6) is 0 Å². The molecule has 0 saturated carbocycles. The molecule has 0 fully saturated rings. The summed E-state index contributed by atoms with van der Waals surface area (Å²) in [5.41, 5.74) is 6.39. The van der Waals surface area contributed by atoms with Crippen LogP contribution in [-0.2, 0) is 30.5 Å². The van der Waals surface area contributed by atoms with Crippen molar-refractivity contribution in [3.63, 3.8) is 0 Å². The van der Waals surface area contributed by atoms with Gasteiger partial charge in [0, 0.05) is 0 Å². The van der Waals surface area contributed by atoms with Gasteiger partial charge in [-0.15, -0.1) is 0 Å². The summed E-state index contributed by atoms with van der Waals surface area (Å²) in [6.07, 6.45) is 0. The van der Waals surface area contributed by atoms with Gasteiger partial charge in [-0.2, -0.15) is 0 Å². The highest BCUT2D eigenvalue weighted by molar-refractivity contribution is 5.94. The summed E-state index contributed by atoms with van der Waals surface area (Å²) in [5.74, 6) is -2.50. The van der Waals surface area contributed by atoms with Gasteiger partial charge >= 0.3 is 5.97 Å². The minimum Gasteiger partial charge on any atom is -0.459 e. The minimum absolute atomic E-state index is 0.0976. The van der Waals surface area contributed by atoms with Crippen molar-refractivity contribution < 1.29 is 23.9 Å². The van der Waals surface area contributed by atoms with Crippen LogP contribution in [0.1, 0.15) is 47.1 Å². The number of nitrogens with one attached hydrogen (secondary N) is 3. The van der Waals surface area contributed by atoms with Gasteiger partial charge in [0.25, 0.3) is 0 Å². The van der Waals surface area contributed by atoms with Gasteiger partial charge in [0.2, 0.25) is 17.7 Å². The van der Waals surface area contributed by atoms with E-state index in [0.717, 1.165) is 5.56 Å². The molecule has 0 aliphatic rings. The molecule has 0 saturated heterocycles. The molecule has 0 heterocycles. The number of rotatable bonds is 11. The highest BCUT2D eigenvalue weighted by Crippen LogP contribution is 2.08. The monoisotopic (exact) mass is 448 g/mol. The first-order valence-electron chi connectivity index (χ1n) is 10.8. The Morgan fingerprint density at radius 2 is 1.31 bits per heavy atom. The largest absolute Gasteiger partial charge is 0.459 e. The maximum atomic E-state index is 12.7. The second-order valence-corrected chi connectivity index (χ2v) is 8.57. The molecule has 1 aromatic rings. The molecule has 0 bridgehead atoms. The van der Waals surface area contributed by atoms with E-state index in [2.05, 4.69) is 16.0 Å². The number of carbonyl (C=O) groups excluding carboxylic acids is 4. The Bertz CT molecular complexity index is 780. The van der Waals surface area contributed by atoms with E-state index in [1.807, 2.05) is 30.3 Å². The first kappa shape index (κ1) is 27.1. The van der Waals surface area contributed by atoms with Crippen molar-refractivity contribution >= 4 is 23.7 Å². The fourth-order valence-electron chi connectivity index (χ4n) is 2.78. The van der Waals surface area contributed by atoms with E-state index < -0.39 is 47.9 Å². The second kappa shape index (κ2) is 12.8. The van der Waals surface area contributed by atoms with Crippen molar-refractivity contribution in [3.05, 3.63) is 35.9 Å². The van der Waals surface area contributed by atoms with Crippen LogP contribution >= 0.6 is 0 Å². The lowest BCUT2D eigenvalue weighted by molar-refractivity contribution is -0.150. The third-order valence-corrected chi connectivity index (χ3v) is 4.85. The van der Waals surface area contributed by atoms with Gasteiger partial charge in [0.1, 0.15) is 24.7 Å². The normalized spacial score (nSPS) is 14.8. The zero-order chi connectivity index (χ0) is 24.4. The van der Waals surface area contributed by atoms with E-state index in [1.165, 1.54) is 13.8 Å². The quantitative estimate of drug-likeness (QED) is 0.370. The zero-order valence-electron chi connectivity index (χ0n) is 19.7. The van der Waals surface area contributed by atoms with E-state index in [4.69, 9.17) is 10.5 Å². The van der Waals surface area contributed by atoms with Crippen molar-refractivity contribution in [2.45, 2.75) is 72.3 Å². The lowest BCUT2D eigenvalue weighted by Crippen LogP contribution is -2.58. The molecule has 9 heteroatoms. The number of amides is 3. The van der Waals surface area contributed by atoms with Crippen LogP contribution in [0.2, 0.25) is 0 Å². The van der Waals surface area contributed by atoms with Crippen LogP contribution in [0.25, 0.3) is 0 Å². The highest BCUT2D eigenvalue weighted by Gasteiger charge is 2.31. The van der Waals surface area contributed by atoms with Crippen LogP contribution in [0, 0.1) is 11.8 Å². The smallest absolute Gasteiger partial charge is 0.329 e. The van der Waals surface area contributed by atoms with Crippen molar-refractivity contribution in [1.29, 1.82) is 0 Å². The maximum absolute atomic E-state index is 12.7. The van der Waals surface area contributed by atoms with Gasteiger partial charge in [-0.25, -0.2) is 4.79 Å². The standard InChI is InChI=1S/C23H36N4O5/c1-13(2)18(26-20(28)15(5)24)22(30)25-16(6)21(29)27-19(14(3)4)23(31)32-12-17-10-8-7-9-11-17/h7-11,13-16,18-19H,12,24H2,1-6H3,(H,25,30)(H,26,28)(H,27,29)/t15-,16-,18-,19-/m0/s1. The summed E-state index contributed by atoms with van der Waals surface area (Å²) in [6.45, 7) is 10.2. The molecule has 0 aliphatic carbocycles. The Morgan fingerprint density at radius 1 is 0.781 bits per heavy atom. The topological polar surface area (TPSA) is 140 Å². The van der Waals surface area contributed by atoms with Crippen LogP contribution in [0.4, 0.5) is 0 Å². The molecule has 3 amide bonds. The predicted molar refractivity (Wildman–Crippen MR) is 121 cm³/mol. The Labute approximate surface area is 189 Å². The summed E-state index contributed by atoms with van der Waals surface area (Å²) in [4.78, 5) is 49.7. The molecule has 9 nitrogen and oxygen atoms in total. The average Bonchev–Trinajstić information content (AvgIpc) is 2.73. The Hall–Kier alpha value is -2.94. The third kappa shape index (κ3) is 8.66. The van der Waals surface area contributed by atoms with Gasteiger partial charge in [0.15, 0.2) is 0 Å². The van der Waals surface area contributed by atoms with Crippen LogP contribution in [0.3, 0.4) is 0 Å². The fourth-order valence-corrected chi connectivity index (χ4v) is 2.78. The Kier molecular flexibility index (Phi) is 10.8. The van der Waals surface area contributed by atoms with E-state index in [9.17, 15) is 19.2 Å². The molecule has 1 aromatic carbocycles. The van der Waals surface area contributed by atoms with E-state index in [1.54, 1.807) is 27.7 Å². The predicted octanol–water partition coefficient (Wildman–Crippen LogP) is 0.863. The van der Waals surface area contributed by atoms with Crippen molar-refractivity contribution in [2.75, 3.05) is 0 Å². The molecule has 4 atom stereocenters. The third-order valence-electron chi connectivity index (χ3n) is 4.85. The van der Waals surface area contributed by atoms with E-state index >= 15 is 0 Å². The number of ether oxygens (including phenoxy) is 1. The summed E-state index contributed by atoms with van der Waals surface area (Å²) < 4.78 is 5.35. The van der Waals surface area contributed by atoms with Crippen molar-refractivity contribution in [3.8, 4) is 0 Å². The van der Waals surface area contributed by atoms with Gasteiger partial charge in [-0.05, 0) is 31.2 Å². The number of hydrogen-bond donors (Lipinski definition) is 4. The van der Waals surface area contributed by atoms with E-state index in [-0.39, 0.29) is 18.4 Å². The molecule has 0 spiro atoms. The number of benzene rings is 1. The van der Waals surface area contributed by atoms with Crippen LogP contribution in [-0.4, -0.2) is 47.9 Å². The first-order chi connectivity index (χ1) is 14.9. The molecule has 178 valence electrons. The van der Waals surface area contributed by atoms with Crippen LogP contribution < -0.4 is 21.7 Å². The fraction of sp³-hybridized carbons (Fsp3) is 0.565. The SMILES string of the molecule is CC(C)[C@H](NC(=O)[C@H](C)N)C(=O)N[C@@H](C)C(=O)N[C@H](C(=O)OCc1ccccc1)C(C)C. The lowest BCUT2D eigenvalue weighted by Gasteiger charge is -2.26. The Balaban J connectivity index is 2.71. The second-order valence-electron chi connectivity index (χ2n) is 8.57. The number of hydrogen-bond acceptors (Lipinski definition) is 6. The van der Waals surface area contributed by atoms with Gasteiger partial charge in [-0.1, -0.05) is 58.0 Å². The summed E-state index contributed by atoms with van der Waals surface area (Å²) in [7, 11) is 0. The number of carbonyl (C=O) groups is 4. The number of esters is 1. The summed E-state index contributed by atoms with van der Waals surface area (Å²) >= 11 is 0. The molecule has 0 aromatic heterocycles. The number of nitrogens with two attached hydrogens (primary N) is 1. The molecule has 0 aliphatic heterocycles. The average molecular weight is 449 g/mol. The summed E-state index contributed by atoms with van der Waals surface area (Å²) in [6, 6.07) is 5.81.